The highest BCUT2D eigenvalue weighted by molar-refractivity contribution is 6.30. The third-order valence-electron chi connectivity index (χ3n) is 5.02. The number of hydrogen-bond donors (Lipinski definition) is 1. The minimum Gasteiger partial charge on any atom is -0.483 e. The van der Waals surface area contributed by atoms with Gasteiger partial charge in [0, 0.05) is 30.2 Å². The number of benzene rings is 3. The zero-order valence-corrected chi connectivity index (χ0v) is 16.6. The molecular formula is C23H21ClN2O3. The molecular weight excluding hydrogens is 388 g/mol. The summed E-state index contributed by atoms with van der Waals surface area (Å²) in [6.45, 7) is 1.19. The van der Waals surface area contributed by atoms with Gasteiger partial charge in [0.1, 0.15) is 5.75 Å². The molecule has 1 aliphatic rings. The number of carbonyl (C=O) groups is 2. The van der Waals surface area contributed by atoms with Crippen LogP contribution in [-0.4, -0.2) is 36.4 Å². The van der Waals surface area contributed by atoms with Gasteiger partial charge in [-0.1, -0.05) is 54.1 Å². The number of carbonyl (C=O) groups excluding carboxylic acids is 2. The molecule has 2 amide bonds. The summed E-state index contributed by atoms with van der Waals surface area (Å²) in [5.41, 5.74) is 1.86. The molecule has 4 rings (SSSR count). The normalized spacial score (nSPS) is 13.6. The van der Waals surface area contributed by atoms with E-state index in [1.807, 2.05) is 48.5 Å². The second-order valence-corrected chi connectivity index (χ2v) is 7.46. The number of halogens is 1. The maximum atomic E-state index is 12.4. The predicted octanol–water partition coefficient (Wildman–Crippen LogP) is 3.57. The van der Waals surface area contributed by atoms with Crippen molar-refractivity contribution in [3.05, 3.63) is 76.8 Å². The lowest BCUT2D eigenvalue weighted by molar-refractivity contribution is -0.133. The van der Waals surface area contributed by atoms with E-state index in [1.165, 1.54) is 0 Å². The third kappa shape index (κ3) is 4.51. The molecule has 0 unspecified atom stereocenters. The maximum Gasteiger partial charge on any atom is 0.260 e. The van der Waals surface area contributed by atoms with E-state index in [2.05, 4.69) is 5.32 Å². The topological polar surface area (TPSA) is 58.6 Å². The Morgan fingerprint density at radius 1 is 1.10 bits per heavy atom. The molecule has 0 spiro atoms. The van der Waals surface area contributed by atoms with Gasteiger partial charge < -0.3 is 15.0 Å². The van der Waals surface area contributed by atoms with E-state index in [0.717, 1.165) is 21.9 Å². The summed E-state index contributed by atoms with van der Waals surface area (Å²) < 4.78 is 5.56. The Balaban J connectivity index is 1.35. The molecule has 148 valence electrons. The Bertz CT molecular complexity index is 1060. The first kappa shape index (κ1) is 19.3. The van der Waals surface area contributed by atoms with Gasteiger partial charge in [0.25, 0.3) is 5.91 Å². The summed E-state index contributed by atoms with van der Waals surface area (Å²) >= 11 is 6.06. The van der Waals surface area contributed by atoms with Gasteiger partial charge in [0.05, 0.1) is 6.42 Å². The summed E-state index contributed by atoms with van der Waals surface area (Å²) in [6.07, 6.45) is 0.302. The number of nitrogens with one attached hydrogen (secondary N) is 1. The Morgan fingerprint density at radius 3 is 2.83 bits per heavy atom. The Kier molecular flexibility index (Phi) is 5.67. The molecule has 1 heterocycles. The standard InChI is InChI=1S/C23H21ClN2O3/c24-19-8-9-21-18(12-19)14-26(23(28)15-29-21)11-10-25-22(27)13-17-6-3-5-16-4-1-2-7-20(16)17/h1-9,12H,10-11,13-15H2,(H,25,27). The number of fused-ring (bicyclic) bond motifs is 2. The lowest BCUT2D eigenvalue weighted by Crippen LogP contribution is -2.39. The van der Waals surface area contributed by atoms with Crippen LogP contribution in [0.4, 0.5) is 0 Å². The average molecular weight is 409 g/mol. The van der Waals surface area contributed by atoms with Gasteiger partial charge in [-0.3, -0.25) is 9.59 Å². The first-order valence-corrected chi connectivity index (χ1v) is 9.90. The van der Waals surface area contributed by atoms with Gasteiger partial charge in [0.2, 0.25) is 5.91 Å². The largest absolute Gasteiger partial charge is 0.483 e. The van der Waals surface area contributed by atoms with Gasteiger partial charge in [0.15, 0.2) is 6.61 Å². The van der Waals surface area contributed by atoms with Crippen LogP contribution < -0.4 is 10.1 Å². The van der Waals surface area contributed by atoms with Crippen LogP contribution >= 0.6 is 11.6 Å². The highest BCUT2D eigenvalue weighted by Gasteiger charge is 2.21. The summed E-state index contributed by atoms with van der Waals surface area (Å²) in [6, 6.07) is 19.3. The fourth-order valence-electron chi connectivity index (χ4n) is 3.55. The Hall–Kier alpha value is -3.05. The van der Waals surface area contributed by atoms with Gasteiger partial charge in [-0.25, -0.2) is 0 Å². The molecule has 0 aromatic heterocycles. The highest BCUT2D eigenvalue weighted by atomic mass is 35.5. The van der Waals surface area contributed by atoms with E-state index in [0.29, 0.717) is 36.8 Å². The van der Waals surface area contributed by atoms with Crippen LogP contribution in [-0.2, 0) is 22.6 Å². The highest BCUT2D eigenvalue weighted by Crippen LogP contribution is 2.26. The van der Waals surface area contributed by atoms with Gasteiger partial charge >= 0.3 is 0 Å². The van der Waals surface area contributed by atoms with Crippen molar-refractivity contribution in [3.8, 4) is 5.75 Å². The molecule has 0 saturated heterocycles. The molecule has 5 nitrogen and oxygen atoms in total. The van der Waals surface area contributed by atoms with E-state index >= 15 is 0 Å². The lowest BCUT2D eigenvalue weighted by atomic mass is 10.0. The van der Waals surface area contributed by atoms with Crippen LogP contribution in [0.1, 0.15) is 11.1 Å². The average Bonchev–Trinajstić information content (AvgIpc) is 2.87. The van der Waals surface area contributed by atoms with Crippen molar-refractivity contribution in [2.45, 2.75) is 13.0 Å². The molecule has 0 atom stereocenters. The summed E-state index contributed by atoms with van der Waals surface area (Å²) in [5.74, 6) is 0.495. The second-order valence-electron chi connectivity index (χ2n) is 7.02. The Labute approximate surface area is 174 Å². The SMILES string of the molecule is O=C(Cc1cccc2ccccc12)NCCN1Cc2cc(Cl)ccc2OCC1=O. The number of nitrogens with zero attached hydrogens (tertiary/aromatic N) is 1. The van der Waals surface area contributed by atoms with Crippen LogP contribution in [0.15, 0.2) is 60.7 Å². The van der Waals surface area contributed by atoms with E-state index in [9.17, 15) is 9.59 Å². The van der Waals surface area contributed by atoms with E-state index in [-0.39, 0.29) is 18.4 Å². The first-order chi connectivity index (χ1) is 14.1. The number of ether oxygens (including phenoxy) is 1. The van der Waals surface area contributed by atoms with Gasteiger partial charge in [-0.05, 0) is 34.5 Å². The predicted molar refractivity (Wildman–Crippen MR) is 113 cm³/mol. The minimum atomic E-state index is -0.111. The third-order valence-corrected chi connectivity index (χ3v) is 5.26. The van der Waals surface area contributed by atoms with Crippen molar-refractivity contribution in [1.82, 2.24) is 10.2 Å². The van der Waals surface area contributed by atoms with Crippen LogP contribution in [0, 0.1) is 0 Å². The van der Waals surface area contributed by atoms with Gasteiger partial charge in [-0.15, -0.1) is 0 Å². The van der Waals surface area contributed by atoms with E-state index in [1.54, 1.807) is 17.0 Å². The molecule has 0 saturated carbocycles. The van der Waals surface area contributed by atoms with Crippen LogP contribution in [0.2, 0.25) is 5.02 Å². The summed E-state index contributed by atoms with van der Waals surface area (Å²) in [4.78, 5) is 26.5. The fourth-order valence-corrected chi connectivity index (χ4v) is 3.75. The van der Waals surface area contributed by atoms with E-state index < -0.39 is 0 Å². The Morgan fingerprint density at radius 2 is 1.93 bits per heavy atom. The summed E-state index contributed by atoms with van der Waals surface area (Å²) in [5, 5.41) is 5.72. The fraction of sp³-hybridized carbons (Fsp3) is 0.217. The first-order valence-electron chi connectivity index (χ1n) is 9.52. The number of hydrogen-bond acceptors (Lipinski definition) is 3. The van der Waals surface area contributed by atoms with Crippen molar-refractivity contribution in [1.29, 1.82) is 0 Å². The quantitative estimate of drug-likeness (QED) is 0.702. The molecule has 1 aliphatic heterocycles. The second kappa shape index (κ2) is 8.53. The molecule has 0 bridgehead atoms. The molecule has 29 heavy (non-hydrogen) atoms. The molecule has 0 fully saturated rings. The van der Waals surface area contributed by atoms with Crippen molar-refractivity contribution >= 4 is 34.2 Å². The summed E-state index contributed by atoms with van der Waals surface area (Å²) in [7, 11) is 0. The van der Waals surface area contributed by atoms with Gasteiger partial charge in [-0.2, -0.15) is 0 Å². The minimum absolute atomic E-state index is 0.0153. The molecule has 3 aromatic rings. The molecule has 0 aliphatic carbocycles. The molecule has 3 aromatic carbocycles. The van der Waals surface area contributed by atoms with Crippen molar-refractivity contribution in [2.24, 2.45) is 0 Å². The number of rotatable bonds is 5. The molecule has 1 N–H and O–H groups in total. The molecule has 0 radical (unpaired) electrons. The zero-order chi connectivity index (χ0) is 20.2. The smallest absolute Gasteiger partial charge is 0.260 e. The maximum absolute atomic E-state index is 12.4. The van der Waals surface area contributed by atoms with Crippen LogP contribution in [0.3, 0.4) is 0 Å². The molecule has 6 heteroatoms. The number of amides is 2. The van der Waals surface area contributed by atoms with Crippen molar-refractivity contribution in [2.75, 3.05) is 19.7 Å². The monoisotopic (exact) mass is 408 g/mol. The van der Waals surface area contributed by atoms with E-state index in [4.69, 9.17) is 16.3 Å². The zero-order valence-electron chi connectivity index (χ0n) is 15.9. The van der Waals surface area contributed by atoms with Crippen LogP contribution in [0.5, 0.6) is 5.75 Å². The van der Waals surface area contributed by atoms with Crippen molar-refractivity contribution < 1.29 is 14.3 Å². The van der Waals surface area contributed by atoms with Crippen molar-refractivity contribution in [3.63, 3.8) is 0 Å². The van der Waals surface area contributed by atoms with Crippen LogP contribution in [0.25, 0.3) is 10.8 Å². The lowest BCUT2D eigenvalue weighted by Gasteiger charge is -2.20.